The minimum absolute atomic E-state index is 0.0734. The number of carbonyl (C=O) groups is 2. The molecule has 5 nitrogen and oxygen atoms in total. The van der Waals surface area contributed by atoms with Crippen molar-refractivity contribution in [3.63, 3.8) is 0 Å². The molecular formula is C25H32N2O3. The van der Waals surface area contributed by atoms with Crippen LogP contribution in [0.3, 0.4) is 0 Å². The fraction of sp³-hybridized carbons (Fsp3) is 0.440. The number of likely N-dealkylation sites (tertiary alicyclic amines) is 1. The third kappa shape index (κ3) is 6.34. The van der Waals surface area contributed by atoms with E-state index in [-0.39, 0.29) is 11.8 Å². The molecule has 1 N–H and O–H groups in total. The Balaban J connectivity index is 1.53. The largest absolute Gasteiger partial charge is 0.494 e. The molecule has 0 radical (unpaired) electrons. The number of anilines is 1. The quantitative estimate of drug-likeness (QED) is 0.585. The van der Waals surface area contributed by atoms with Gasteiger partial charge in [-0.2, -0.15) is 0 Å². The molecule has 1 fully saturated rings. The predicted molar refractivity (Wildman–Crippen MR) is 120 cm³/mol. The third-order valence-electron chi connectivity index (χ3n) is 5.42. The van der Waals surface area contributed by atoms with Gasteiger partial charge in [0.25, 0.3) is 11.8 Å². The highest BCUT2D eigenvalue weighted by molar-refractivity contribution is 6.04. The van der Waals surface area contributed by atoms with Crippen molar-refractivity contribution in [1.29, 1.82) is 0 Å². The fourth-order valence-corrected chi connectivity index (χ4v) is 3.60. The lowest BCUT2D eigenvalue weighted by molar-refractivity contribution is 0.0761. The van der Waals surface area contributed by atoms with Crippen LogP contribution in [0.15, 0.2) is 48.5 Å². The van der Waals surface area contributed by atoms with Crippen molar-refractivity contribution >= 4 is 17.5 Å². The van der Waals surface area contributed by atoms with Crippen molar-refractivity contribution in [2.45, 2.75) is 51.9 Å². The topological polar surface area (TPSA) is 58.6 Å². The van der Waals surface area contributed by atoms with Gasteiger partial charge in [0.05, 0.1) is 6.61 Å². The highest BCUT2D eigenvalue weighted by Crippen LogP contribution is 2.17. The maximum atomic E-state index is 12.7. The number of rotatable bonds is 8. The first kappa shape index (κ1) is 21.9. The second kappa shape index (κ2) is 11.4. The molecule has 1 saturated heterocycles. The van der Waals surface area contributed by atoms with Gasteiger partial charge in [-0.1, -0.05) is 32.6 Å². The lowest BCUT2D eigenvalue weighted by Gasteiger charge is -2.20. The van der Waals surface area contributed by atoms with Gasteiger partial charge in [0, 0.05) is 29.9 Å². The van der Waals surface area contributed by atoms with E-state index >= 15 is 0 Å². The molecule has 2 aromatic carbocycles. The van der Waals surface area contributed by atoms with E-state index in [0.29, 0.717) is 23.4 Å². The molecule has 0 saturated carbocycles. The molecule has 1 heterocycles. The Morgan fingerprint density at radius 2 is 1.50 bits per heavy atom. The van der Waals surface area contributed by atoms with Crippen LogP contribution in [-0.4, -0.2) is 36.4 Å². The lowest BCUT2D eigenvalue weighted by Crippen LogP contribution is -2.31. The molecule has 0 aromatic heterocycles. The summed E-state index contributed by atoms with van der Waals surface area (Å²) >= 11 is 0. The number of nitrogens with zero attached hydrogens (tertiary/aromatic N) is 1. The summed E-state index contributed by atoms with van der Waals surface area (Å²) in [5.74, 6) is 0.669. The van der Waals surface area contributed by atoms with Crippen molar-refractivity contribution in [2.24, 2.45) is 0 Å². The van der Waals surface area contributed by atoms with Crippen LogP contribution < -0.4 is 10.1 Å². The summed E-state index contributed by atoms with van der Waals surface area (Å²) in [6.45, 7) is 4.52. The molecule has 2 amide bonds. The van der Waals surface area contributed by atoms with Crippen LogP contribution in [-0.2, 0) is 0 Å². The molecule has 0 unspecified atom stereocenters. The van der Waals surface area contributed by atoms with Crippen molar-refractivity contribution in [1.82, 2.24) is 4.90 Å². The zero-order chi connectivity index (χ0) is 21.2. The maximum absolute atomic E-state index is 12.7. The zero-order valence-electron chi connectivity index (χ0n) is 17.9. The normalized spacial score (nSPS) is 14.1. The second-order valence-electron chi connectivity index (χ2n) is 7.82. The first-order chi connectivity index (χ1) is 14.7. The molecule has 1 aliphatic rings. The summed E-state index contributed by atoms with van der Waals surface area (Å²) in [5, 5.41) is 2.89. The predicted octanol–water partition coefficient (Wildman–Crippen LogP) is 5.52. The van der Waals surface area contributed by atoms with Crippen LogP contribution in [0.25, 0.3) is 0 Å². The molecule has 2 aromatic rings. The van der Waals surface area contributed by atoms with Crippen LogP contribution in [0.5, 0.6) is 5.75 Å². The zero-order valence-corrected chi connectivity index (χ0v) is 17.9. The van der Waals surface area contributed by atoms with Gasteiger partial charge in [0.2, 0.25) is 0 Å². The molecule has 0 spiro atoms. The number of carbonyl (C=O) groups excluding carboxylic acids is 2. The molecule has 1 aliphatic heterocycles. The van der Waals surface area contributed by atoms with Crippen LogP contribution in [0.4, 0.5) is 5.69 Å². The Kier molecular flexibility index (Phi) is 8.30. The molecule has 0 atom stereocenters. The summed E-state index contributed by atoms with van der Waals surface area (Å²) in [7, 11) is 0. The molecule has 30 heavy (non-hydrogen) atoms. The first-order valence-corrected chi connectivity index (χ1v) is 11.1. The number of ether oxygens (including phenoxy) is 1. The minimum Gasteiger partial charge on any atom is -0.494 e. The number of unbranched alkanes of at least 4 members (excludes halogenated alkanes) is 2. The van der Waals surface area contributed by atoms with Crippen LogP contribution in [0, 0.1) is 0 Å². The highest BCUT2D eigenvalue weighted by atomic mass is 16.5. The number of hydrogen-bond acceptors (Lipinski definition) is 3. The van der Waals surface area contributed by atoms with Crippen LogP contribution in [0.2, 0.25) is 0 Å². The van der Waals surface area contributed by atoms with E-state index in [4.69, 9.17) is 4.74 Å². The van der Waals surface area contributed by atoms with Crippen molar-refractivity contribution in [3.05, 3.63) is 59.7 Å². The average Bonchev–Trinajstić information content (AvgIpc) is 3.07. The van der Waals surface area contributed by atoms with E-state index in [1.165, 1.54) is 12.8 Å². The number of amides is 2. The standard InChI is InChI=1S/C25H32N2O3/c1-2-3-8-19-30-23-15-11-20(12-16-23)24(28)26-22-13-9-21(10-14-22)25(29)27-17-6-4-5-7-18-27/h9-16H,2-8,17-19H2,1H3,(H,26,28). The Bertz CT molecular complexity index is 807. The van der Waals surface area contributed by atoms with Crippen molar-refractivity contribution in [2.75, 3.05) is 25.0 Å². The first-order valence-electron chi connectivity index (χ1n) is 11.1. The van der Waals surface area contributed by atoms with Gasteiger partial charge >= 0.3 is 0 Å². The lowest BCUT2D eigenvalue weighted by atomic mass is 10.1. The van der Waals surface area contributed by atoms with Gasteiger partial charge in [0.15, 0.2) is 0 Å². The summed E-state index contributed by atoms with van der Waals surface area (Å²) in [4.78, 5) is 27.1. The van der Waals surface area contributed by atoms with Gasteiger partial charge in [-0.15, -0.1) is 0 Å². The van der Waals surface area contributed by atoms with Gasteiger partial charge in [0.1, 0.15) is 5.75 Å². The van der Waals surface area contributed by atoms with Crippen molar-refractivity contribution in [3.8, 4) is 5.75 Å². The summed E-state index contributed by atoms with van der Waals surface area (Å²) in [6.07, 6.45) is 7.89. The number of nitrogens with one attached hydrogen (secondary N) is 1. The molecule has 160 valence electrons. The summed E-state index contributed by atoms with van der Waals surface area (Å²) in [6, 6.07) is 14.3. The Morgan fingerprint density at radius 3 is 2.13 bits per heavy atom. The summed E-state index contributed by atoms with van der Waals surface area (Å²) in [5.41, 5.74) is 1.91. The molecule has 5 heteroatoms. The molecule has 0 bridgehead atoms. The van der Waals surface area contributed by atoms with Crippen LogP contribution in [0.1, 0.15) is 72.6 Å². The maximum Gasteiger partial charge on any atom is 0.255 e. The average molecular weight is 409 g/mol. The van der Waals surface area contributed by atoms with E-state index < -0.39 is 0 Å². The van der Waals surface area contributed by atoms with Gasteiger partial charge in [-0.25, -0.2) is 0 Å². The van der Waals surface area contributed by atoms with Gasteiger partial charge in [-0.3, -0.25) is 9.59 Å². The molecular weight excluding hydrogens is 376 g/mol. The second-order valence-corrected chi connectivity index (χ2v) is 7.82. The van der Waals surface area contributed by atoms with E-state index in [1.807, 2.05) is 17.0 Å². The number of benzene rings is 2. The fourth-order valence-electron chi connectivity index (χ4n) is 3.60. The van der Waals surface area contributed by atoms with E-state index in [2.05, 4.69) is 12.2 Å². The van der Waals surface area contributed by atoms with E-state index in [0.717, 1.165) is 50.9 Å². The highest BCUT2D eigenvalue weighted by Gasteiger charge is 2.17. The Morgan fingerprint density at radius 1 is 0.867 bits per heavy atom. The smallest absolute Gasteiger partial charge is 0.255 e. The summed E-state index contributed by atoms with van der Waals surface area (Å²) < 4.78 is 5.69. The Labute approximate surface area is 179 Å². The number of hydrogen-bond donors (Lipinski definition) is 1. The van der Waals surface area contributed by atoms with E-state index in [1.54, 1.807) is 36.4 Å². The van der Waals surface area contributed by atoms with Crippen LogP contribution >= 0.6 is 0 Å². The monoisotopic (exact) mass is 408 g/mol. The van der Waals surface area contributed by atoms with Gasteiger partial charge < -0.3 is 15.0 Å². The molecule has 3 rings (SSSR count). The van der Waals surface area contributed by atoms with Crippen molar-refractivity contribution < 1.29 is 14.3 Å². The molecule has 0 aliphatic carbocycles. The minimum atomic E-state index is -0.181. The van der Waals surface area contributed by atoms with Gasteiger partial charge in [-0.05, 0) is 67.8 Å². The SMILES string of the molecule is CCCCCOc1ccc(C(=O)Nc2ccc(C(=O)N3CCCCCC3)cc2)cc1. The Hall–Kier alpha value is -2.82. The third-order valence-corrected chi connectivity index (χ3v) is 5.42. The van der Waals surface area contributed by atoms with E-state index in [9.17, 15) is 9.59 Å².